The van der Waals surface area contributed by atoms with Crippen LogP contribution in [0.4, 0.5) is 5.69 Å². The van der Waals surface area contributed by atoms with Gasteiger partial charge in [-0.3, -0.25) is 4.79 Å². The molecule has 1 N–H and O–H groups in total. The van der Waals surface area contributed by atoms with E-state index in [1.165, 1.54) is 11.8 Å². The van der Waals surface area contributed by atoms with Gasteiger partial charge in [-0.1, -0.05) is 65.3 Å². The number of hydrogen-bond acceptors (Lipinski definition) is 5. The van der Waals surface area contributed by atoms with E-state index >= 15 is 0 Å². The molecule has 0 spiro atoms. The Hall–Kier alpha value is -2.03. The number of benzene rings is 2. The van der Waals surface area contributed by atoms with Crippen LogP contribution in [0.5, 0.6) is 5.75 Å². The number of nitrogens with one attached hydrogen (secondary N) is 1. The van der Waals surface area contributed by atoms with E-state index in [0.717, 1.165) is 15.7 Å². The van der Waals surface area contributed by atoms with Gasteiger partial charge in [0.2, 0.25) is 5.91 Å². The smallest absolute Gasteiger partial charge is 0.234 e. The summed E-state index contributed by atoms with van der Waals surface area (Å²) in [5.74, 6) is 1.65. The van der Waals surface area contributed by atoms with Crippen molar-refractivity contribution in [1.82, 2.24) is 14.8 Å². The molecular formula is C22H24BrClN4O2S. The lowest BCUT2D eigenvalue weighted by atomic mass is 10.0. The van der Waals surface area contributed by atoms with E-state index in [9.17, 15) is 4.79 Å². The molecule has 3 aromatic rings. The second-order valence-electron chi connectivity index (χ2n) is 7.31. The summed E-state index contributed by atoms with van der Waals surface area (Å²) in [6.45, 7) is 6.08. The van der Waals surface area contributed by atoms with Crippen LogP contribution in [0.15, 0.2) is 52.1 Å². The first-order valence-corrected chi connectivity index (χ1v) is 11.9. The van der Waals surface area contributed by atoms with Crippen LogP contribution in [0, 0.1) is 0 Å². The number of carbonyl (C=O) groups excluding carboxylic acids is 1. The van der Waals surface area contributed by atoms with Gasteiger partial charge in [0.05, 0.1) is 10.8 Å². The molecule has 1 heterocycles. The molecule has 0 radical (unpaired) electrons. The summed E-state index contributed by atoms with van der Waals surface area (Å²) < 4.78 is 8.75. The number of carbonyl (C=O) groups is 1. The fraction of sp³-hybridized carbons (Fsp3) is 0.318. The van der Waals surface area contributed by atoms with Crippen molar-refractivity contribution in [1.29, 1.82) is 0 Å². The van der Waals surface area contributed by atoms with E-state index in [0.29, 0.717) is 27.7 Å². The number of para-hydroxylation sites is 1. The van der Waals surface area contributed by atoms with Crippen LogP contribution in [0.3, 0.4) is 0 Å². The monoisotopic (exact) mass is 522 g/mol. The minimum absolute atomic E-state index is 0.0980. The van der Waals surface area contributed by atoms with Crippen LogP contribution >= 0.6 is 39.3 Å². The Morgan fingerprint density at radius 1 is 1.23 bits per heavy atom. The highest BCUT2D eigenvalue weighted by Crippen LogP contribution is 2.30. The van der Waals surface area contributed by atoms with Crippen LogP contribution < -0.4 is 10.1 Å². The Labute approximate surface area is 199 Å². The van der Waals surface area contributed by atoms with Crippen molar-refractivity contribution in [3.63, 3.8) is 0 Å². The molecule has 3 rings (SSSR count). The third-order valence-corrected chi connectivity index (χ3v) is 6.44. The van der Waals surface area contributed by atoms with E-state index in [-0.39, 0.29) is 17.8 Å². The van der Waals surface area contributed by atoms with Crippen molar-refractivity contribution in [2.75, 3.05) is 11.1 Å². The van der Waals surface area contributed by atoms with Gasteiger partial charge in [0, 0.05) is 17.2 Å². The van der Waals surface area contributed by atoms with Crippen LogP contribution in [-0.2, 0) is 11.8 Å². The maximum Gasteiger partial charge on any atom is 0.234 e. The molecule has 1 unspecified atom stereocenters. The Balaban J connectivity index is 1.62. The number of anilines is 1. The molecule has 0 aliphatic carbocycles. The summed E-state index contributed by atoms with van der Waals surface area (Å²) in [5.41, 5.74) is 1.91. The highest BCUT2D eigenvalue weighted by molar-refractivity contribution is 9.10. The van der Waals surface area contributed by atoms with Crippen LogP contribution in [0.25, 0.3) is 0 Å². The maximum atomic E-state index is 12.5. The average molecular weight is 524 g/mol. The number of halogens is 2. The van der Waals surface area contributed by atoms with E-state index in [1.54, 1.807) is 6.07 Å². The quantitative estimate of drug-likeness (QED) is 0.355. The van der Waals surface area contributed by atoms with Crippen molar-refractivity contribution < 1.29 is 9.53 Å². The van der Waals surface area contributed by atoms with E-state index in [4.69, 9.17) is 16.3 Å². The van der Waals surface area contributed by atoms with Gasteiger partial charge >= 0.3 is 0 Å². The minimum atomic E-state index is -0.350. The topological polar surface area (TPSA) is 69.0 Å². The molecule has 1 atom stereocenters. The first-order valence-electron chi connectivity index (χ1n) is 9.78. The highest BCUT2D eigenvalue weighted by Gasteiger charge is 2.19. The highest BCUT2D eigenvalue weighted by atomic mass is 79.9. The third-order valence-electron chi connectivity index (χ3n) is 4.61. The predicted octanol–water partition coefficient (Wildman–Crippen LogP) is 6.23. The number of amides is 1. The van der Waals surface area contributed by atoms with Gasteiger partial charge in [-0.2, -0.15) is 0 Å². The molecule has 2 aromatic carbocycles. The van der Waals surface area contributed by atoms with Crippen molar-refractivity contribution in [3.8, 4) is 5.75 Å². The Kier molecular flexibility index (Phi) is 8.02. The van der Waals surface area contributed by atoms with Crippen molar-refractivity contribution >= 4 is 50.9 Å². The molecule has 0 saturated carbocycles. The maximum absolute atomic E-state index is 12.5. The normalized spacial score (nSPS) is 12.1. The average Bonchev–Trinajstić information content (AvgIpc) is 3.10. The number of nitrogens with zero attached hydrogens (tertiary/aromatic N) is 3. The zero-order chi connectivity index (χ0) is 22.5. The van der Waals surface area contributed by atoms with Crippen molar-refractivity contribution in [3.05, 3.63) is 63.3 Å². The van der Waals surface area contributed by atoms with Crippen LogP contribution in [-0.4, -0.2) is 26.4 Å². The van der Waals surface area contributed by atoms with Gasteiger partial charge in [0.25, 0.3) is 0 Å². The summed E-state index contributed by atoms with van der Waals surface area (Å²) in [6, 6.07) is 13.2. The molecule has 0 fully saturated rings. The lowest BCUT2D eigenvalue weighted by Gasteiger charge is -2.15. The standard InChI is InChI=1S/C22H24BrClN4O2S/c1-13(2)16-11-15(23)9-10-18(16)25-20(29)12-31-22-27-26-21(28(22)4)14(3)30-19-8-6-5-7-17(19)24/h5-11,13-14H,12H2,1-4H3,(H,25,29). The minimum Gasteiger partial charge on any atom is -0.481 e. The molecule has 0 aliphatic heterocycles. The zero-order valence-electron chi connectivity index (χ0n) is 17.7. The van der Waals surface area contributed by atoms with Crippen molar-refractivity contribution in [2.45, 2.75) is 37.9 Å². The summed E-state index contributed by atoms with van der Waals surface area (Å²) in [4.78, 5) is 12.5. The van der Waals surface area contributed by atoms with E-state index < -0.39 is 0 Å². The van der Waals surface area contributed by atoms with Crippen LogP contribution in [0.2, 0.25) is 5.02 Å². The van der Waals surface area contributed by atoms with Gasteiger partial charge in [0.15, 0.2) is 17.1 Å². The lowest BCUT2D eigenvalue weighted by Crippen LogP contribution is -2.16. The number of rotatable bonds is 8. The van der Waals surface area contributed by atoms with Crippen molar-refractivity contribution in [2.24, 2.45) is 7.05 Å². The molecule has 6 nitrogen and oxygen atoms in total. The molecule has 0 saturated heterocycles. The lowest BCUT2D eigenvalue weighted by molar-refractivity contribution is -0.113. The number of ether oxygens (including phenoxy) is 1. The number of hydrogen-bond donors (Lipinski definition) is 1. The SMILES string of the molecule is CC(C)c1cc(Br)ccc1NC(=O)CSc1nnc(C(C)Oc2ccccc2Cl)n1C. The number of thioether (sulfide) groups is 1. The Morgan fingerprint density at radius 3 is 2.68 bits per heavy atom. The molecular weight excluding hydrogens is 500 g/mol. The van der Waals surface area contributed by atoms with Crippen LogP contribution in [0.1, 0.15) is 44.2 Å². The summed E-state index contributed by atoms with van der Waals surface area (Å²) >= 11 is 11.0. The first kappa shape index (κ1) is 23.6. The fourth-order valence-electron chi connectivity index (χ4n) is 3.03. The van der Waals surface area contributed by atoms with Gasteiger partial charge in [-0.25, -0.2) is 0 Å². The zero-order valence-corrected chi connectivity index (χ0v) is 20.9. The van der Waals surface area contributed by atoms with Gasteiger partial charge in [-0.15, -0.1) is 10.2 Å². The first-order chi connectivity index (χ1) is 14.8. The van der Waals surface area contributed by atoms with Gasteiger partial charge in [-0.05, 0) is 48.7 Å². The Bertz CT molecular complexity index is 1070. The molecule has 0 bridgehead atoms. The summed E-state index contributed by atoms with van der Waals surface area (Å²) in [6.07, 6.45) is -0.350. The molecule has 31 heavy (non-hydrogen) atoms. The molecule has 1 aromatic heterocycles. The summed E-state index contributed by atoms with van der Waals surface area (Å²) in [7, 11) is 1.85. The van der Waals surface area contributed by atoms with Gasteiger partial charge in [0.1, 0.15) is 5.75 Å². The fourth-order valence-corrected chi connectivity index (χ4v) is 4.31. The van der Waals surface area contributed by atoms with E-state index in [1.807, 2.05) is 54.9 Å². The Morgan fingerprint density at radius 2 is 1.97 bits per heavy atom. The molecule has 164 valence electrons. The summed E-state index contributed by atoms with van der Waals surface area (Å²) in [5, 5.41) is 12.6. The third kappa shape index (κ3) is 6.02. The largest absolute Gasteiger partial charge is 0.481 e. The molecule has 0 aliphatic rings. The molecule has 9 heteroatoms. The second-order valence-corrected chi connectivity index (χ2v) is 9.58. The predicted molar refractivity (Wildman–Crippen MR) is 129 cm³/mol. The second kappa shape index (κ2) is 10.5. The van der Waals surface area contributed by atoms with E-state index in [2.05, 4.69) is 45.3 Å². The molecule has 1 amide bonds. The van der Waals surface area contributed by atoms with Gasteiger partial charge < -0.3 is 14.6 Å². The number of aromatic nitrogens is 3.